The number of alkyl halides is 1. The predicted molar refractivity (Wildman–Crippen MR) is 89.3 cm³/mol. The van der Waals surface area contributed by atoms with Gasteiger partial charge < -0.3 is 19.1 Å². The number of ether oxygens (including phenoxy) is 3. The van der Waals surface area contributed by atoms with Crippen molar-refractivity contribution in [1.29, 1.82) is 0 Å². The number of rotatable bonds is 6. The van der Waals surface area contributed by atoms with Gasteiger partial charge in [0.2, 0.25) is 6.36 Å². The van der Waals surface area contributed by atoms with E-state index in [9.17, 15) is 14.0 Å². The summed E-state index contributed by atoms with van der Waals surface area (Å²) in [5, 5.41) is 0. The highest BCUT2D eigenvalue weighted by Gasteiger charge is 2.26. The number of carbonyl (C=O) groups excluding carboxylic acids is 2. The van der Waals surface area contributed by atoms with Crippen LogP contribution in [0.2, 0.25) is 0 Å². The van der Waals surface area contributed by atoms with E-state index in [2.05, 4.69) is 4.74 Å². The largest absolute Gasteiger partial charge is 0.490 e. The summed E-state index contributed by atoms with van der Waals surface area (Å²) < 4.78 is 28.6. The molecule has 7 heteroatoms. The number of esters is 1. The van der Waals surface area contributed by atoms with E-state index in [0.717, 1.165) is 0 Å². The number of methoxy groups -OCH3 is 1. The molecule has 1 aliphatic rings. The molecule has 138 valence electrons. The van der Waals surface area contributed by atoms with Gasteiger partial charge in [-0.25, -0.2) is 14.0 Å². The maximum atomic E-state index is 13.4. The molecule has 0 spiro atoms. The second kappa shape index (κ2) is 9.25. The fraction of sp³-hybridized carbons (Fsp3) is 0.556. The summed E-state index contributed by atoms with van der Waals surface area (Å²) in [6, 6.07) is 6.71. The zero-order valence-electron chi connectivity index (χ0n) is 14.6. The van der Waals surface area contributed by atoms with Crippen LogP contribution in [-0.4, -0.2) is 49.6 Å². The zero-order valence-corrected chi connectivity index (χ0v) is 14.6. The Morgan fingerprint density at radius 3 is 2.44 bits per heavy atom. The Kier molecular flexibility index (Phi) is 7.03. The minimum atomic E-state index is -1.54. The number of hydrogen-bond acceptors (Lipinski definition) is 5. The lowest BCUT2D eigenvalue weighted by Gasteiger charge is -2.31. The van der Waals surface area contributed by atoms with E-state index in [-0.39, 0.29) is 12.5 Å². The van der Waals surface area contributed by atoms with Crippen molar-refractivity contribution >= 4 is 12.1 Å². The number of nitrogens with zero attached hydrogens (tertiary/aromatic N) is 1. The third-order valence-corrected chi connectivity index (χ3v) is 4.02. The van der Waals surface area contributed by atoms with Crippen LogP contribution in [-0.2, 0) is 9.47 Å². The maximum Gasteiger partial charge on any atom is 0.412 e. The maximum absolute atomic E-state index is 13.4. The van der Waals surface area contributed by atoms with Crippen LogP contribution in [0.25, 0.3) is 0 Å². The molecule has 0 saturated carbocycles. The number of benzene rings is 1. The Balaban J connectivity index is 1.78. The molecule has 0 aliphatic carbocycles. The van der Waals surface area contributed by atoms with Crippen molar-refractivity contribution in [2.24, 2.45) is 0 Å². The summed E-state index contributed by atoms with van der Waals surface area (Å²) in [7, 11) is 1.33. The van der Waals surface area contributed by atoms with Crippen LogP contribution in [0.15, 0.2) is 24.3 Å². The van der Waals surface area contributed by atoms with Crippen LogP contribution >= 0.6 is 0 Å². The number of halogens is 1. The summed E-state index contributed by atoms with van der Waals surface area (Å²) in [6.07, 6.45) is -0.0742. The predicted octanol–water partition coefficient (Wildman–Crippen LogP) is 3.55. The molecule has 1 amide bonds. The number of amides is 1. The highest BCUT2D eigenvalue weighted by Crippen LogP contribution is 2.21. The second-order valence-corrected chi connectivity index (χ2v) is 5.90. The van der Waals surface area contributed by atoms with Crippen molar-refractivity contribution in [2.75, 3.05) is 20.2 Å². The van der Waals surface area contributed by atoms with E-state index in [1.807, 2.05) is 6.92 Å². The Morgan fingerprint density at radius 2 is 1.88 bits per heavy atom. The van der Waals surface area contributed by atoms with Gasteiger partial charge in [0.15, 0.2) is 0 Å². The van der Waals surface area contributed by atoms with Gasteiger partial charge in [0.05, 0.1) is 12.7 Å². The lowest BCUT2D eigenvalue weighted by atomic mass is 10.1. The Bertz CT molecular complexity index is 569. The van der Waals surface area contributed by atoms with Crippen LogP contribution in [0.3, 0.4) is 0 Å². The van der Waals surface area contributed by atoms with Gasteiger partial charge in [-0.3, -0.25) is 0 Å². The first-order chi connectivity index (χ1) is 12.0. The summed E-state index contributed by atoms with van der Waals surface area (Å²) >= 11 is 0. The number of carbonyl (C=O) groups is 2. The highest BCUT2D eigenvalue weighted by molar-refractivity contribution is 5.89. The van der Waals surface area contributed by atoms with Crippen molar-refractivity contribution in [3.8, 4) is 5.75 Å². The molecule has 1 aromatic rings. The van der Waals surface area contributed by atoms with E-state index >= 15 is 0 Å². The fourth-order valence-electron chi connectivity index (χ4n) is 2.61. The van der Waals surface area contributed by atoms with Crippen molar-refractivity contribution in [2.45, 2.75) is 45.1 Å². The van der Waals surface area contributed by atoms with Gasteiger partial charge in [0, 0.05) is 32.4 Å². The Morgan fingerprint density at radius 1 is 1.24 bits per heavy atom. The molecule has 0 aromatic heterocycles. The molecular weight excluding hydrogens is 329 g/mol. The van der Waals surface area contributed by atoms with Crippen LogP contribution in [0.1, 0.15) is 43.0 Å². The van der Waals surface area contributed by atoms with Gasteiger partial charge in [0.25, 0.3) is 0 Å². The van der Waals surface area contributed by atoms with Crippen LogP contribution in [0, 0.1) is 0 Å². The quantitative estimate of drug-likeness (QED) is 0.732. The van der Waals surface area contributed by atoms with E-state index in [4.69, 9.17) is 9.47 Å². The lowest BCUT2D eigenvalue weighted by molar-refractivity contribution is -0.0178. The molecule has 25 heavy (non-hydrogen) atoms. The van der Waals surface area contributed by atoms with Gasteiger partial charge in [-0.05, 0) is 30.7 Å². The molecule has 1 aliphatic heterocycles. The van der Waals surface area contributed by atoms with E-state index < -0.39 is 18.4 Å². The normalized spacial score (nSPS) is 16.2. The van der Waals surface area contributed by atoms with E-state index in [0.29, 0.717) is 43.7 Å². The third kappa shape index (κ3) is 5.62. The van der Waals surface area contributed by atoms with Crippen molar-refractivity contribution in [3.05, 3.63) is 29.8 Å². The van der Waals surface area contributed by atoms with Crippen molar-refractivity contribution in [3.63, 3.8) is 0 Å². The number of piperidine rings is 1. The first-order valence-electron chi connectivity index (χ1n) is 8.48. The molecule has 6 nitrogen and oxygen atoms in total. The topological polar surface area (TPSA) is 65.1 Å². The molecule has 1 fully saturated rings. The average Bonchev–Trinajstić information content (AvgIpc) is 2.62. The van der Waals surface area contributed by atoms with E-state index in [1.54, 1.807) is 24.3 Å². The van der Waals surface area contributed by atoms with Gasteiger partial charge in [-0.1, -0.05) is 6.92 Å². The van der Waals surface area contributed by atoms with Gasteiger partial charge in [-0.15, -0.1) is 0 Å². The molecule has 1 heterocycles. The van der Waals surface area contributed by atoms with Crippen molar-refractivity contribution < 1.29 is 28.2 Å². The van der Waals surface area contributed by atoms with E-state index in [1.165, 1.54) is 12.0 Å². The van der Waals surface area contributed by atoms with Gasteiger partial charge in [0.1, 0.15) is 11.9 Å². The van der Waals surface area contributed by atoms with Crippen LogP contribution in [0.5, 0.6) is 5.75 Å². The summed E-state index contributed by atoms with van der Waals surface area (Å²) in [5.41, 5.74) is 0.459. The second-order valence-electron chi connectivity index (χ2n) is 5.90. The molecule has 0 radical (unpaired) electrons. The van der Waals surface area contributed by atoms with Gasteiger partial charge >= 0.3 is 12.1 Å². The van der Waals surface area contributed by atoms with Crippen LogP contribution < -0.4 is 4.74 Å². The smallest absolute Gasteiger partial charge is 0.412 e. The first-order valence-corrected chi connectivity index (χ1v) is 8.48. The highest BCUT2D eigenvalue weighted by atomic mass is 19.1. The molecule has 1 unspecified atom stereocenters. The third-order valence-electron chi connectivity index (χ3n) is 4.02. The van der Waals surface area contributed by atoms with Crippen LogP contribution in [0.4, 0.5) is 9.18 Å². The molecule has 0 bridgehead atoms. The average molecular weight is 353 g/mol. The SMILES string of the molecule is CCCC(F)OC(=O)N1CCC(Oc2ccc(C(=O)OC)cc2)CC1. The Hall–Kier alpha value is -2.31. The standard InChI is InChI=1S/C18H24FNO5/c1-3-4-16(19)25-18(22)20-11-9-15(10-12-20)24-14-7-5-13(6-8-14)17(21)23-2/h5-8,15-16H,3-4,9-12H2,1-2H3. The fourth-order valence-corrected chi connectivity index (χ4v) is 2.61. The summed E-state index contributed by atoms with van der Waals surface area (Å²) in [4.78, 5) is 24.8. The minimum Gasteiger partial charge on any atom is -0.490 e. The van der Waals surface area contributed by atoms with Crippen molar-refractivity contribution in [1.82, 2.24) is 4.90 Å². The Labute approximate surface area is 146 Å². The first kappa shape index (κ1) is 19.0. The number of likely N-dealkylation sites (tertiary alicyclic amines) is 1. The van der Waals surface area contributed by atoms with Gasteiger partial charge in [-0.2, -0.15) is 0 Å². The number of hydrogen-bond donors (Lipinski definition) is 0. The monoisotopic (exact) mass is 353 g/mol. The molecular formula is C18H24FNO5. The lowest BCUT2D eigenvalue weighted by Crippen LogP contribution is -2.42. The molecule has 1 aromatic carbocycles. The molecule has 0 N–H and O–H groups in total. The minimum absolute atomic E-state index is 0.0372. The zero-order chi connectivity index (χ0) is 18.2. The summed E-state index contributed by atoms with van der Waals surface area (Å²) in [6.45, 7) is 2.76. The molecule has 1 saturated heterocycles. The molecule has 2 rings (SSSR count). The molecule has 1 atom stereocenters. The summed E-state index contributed by atoms with van der Waals surface area (Å²) in [5.74, 6) is 0.257.